The number of fused-ring (bicyclic) bond motifs is 1. The number of nitriles is 1. The number of H-pyrrole nitrogens is 1. The van der Waals surface area contributed by atoms with Crippen molar-refractivity contribution < 1.29 is 9.47 Å². The number of halogens is 2. The lowest BCUT2D eigenvalue weighted by Gasteiger charge is -2.51. The molecule has 39 heavy (non-hydrogen) atoms. The smallest absolute Gasteiger partial charge is 0.146 e. The van der Waals surface area contributed by atoms with Gasteiger partial charge in [-0.05, 0) is 45.0 Å². The lowest BCUT2D eigenvalue weighted by Crippen LogP contribution is -2.72. The number of anilines is 1. The standard InChI is InChI=1S/C28H27Cl2N7O2/c1-15-25(30)24(22(29)10-32-15)16(2)39-20-4-5-23-21(7-20)26(36-35-23)18-6-17(8-31)27(33-9-18)37-13-28(3,14-37)34-19-11-38-12-19/h4-7,9-10,16,19,34H,11-14H2,1-3H3,(H,35,36)/t16-/m1/s1. The molecule has 1 aromatic carbocycles. The van der Waals surface area contributed by atoms with Crippen LogP contribution in [0.25, 0.3) is 22.2 Å². The molecule has 11 heteroatoms. The van der Waals surface area contributed by atoms with Crippen molar-refractivity contribution in [1.82, 2.24) is 25.5 Å². The summed E-state index contributed by atoms with van der Waals surface area (Å²) >= 11 is 12.9. The van der Waals surface area contributed by atoms with E-state index in [-0.39, 0.29) is 5.54 Å². The van der Waals surface area contributed by atoms with Crippen molar-refractivity contribution >= 4 is 39.9 Å². The Labute approximate surface area is 236 Å². The van der Waals surface area contributed by atoms with E-state index >= 15 is 0 Å². The number of rotatable bonds is 7. The van der Waals surface area contributed by atoms with Gasteiger partial charge in [-0.15, -0.1) is 0 Å². The summed E-state index contributed by atoms with van der Waals surface area (Å²) in [5.74, 6) is 1.32. The summed E-state index contributed by atoms with van der Waals surface area (Å²) < 4.78 is 11.5. The number of benzene rings is 1. The zero-order valence-corrected chi connectivity index (χ0v) is 23.3. The maximum Gasteiger partial charge on any atom is 0.146 e. The number of hydrogen-bond donors (Lipinski definition) is 2. The van der Waals surface area contributed by atoms with Crippen molar-refractivity contribution in [3.05, 3.63) is 63.5 Å². The molecular formula is C28H27Cl2N7O2. The Balaban J connectivity index is 1.24. The van der Waals surface area contributed by atoms with E-state index in [1.807, 2.05) is 38.1 Å². The fourth-order valence-corrected chi connectivity index (χ4v) is 5.92. The maximum atomic E-state index is 9.94. The van der Waals surface area contributed by atoms with Crippen LogP contribution in [0.15, 0.2) is 36.7 Å². The Kier molecular flexibility index (Phi) is 6.60. The Morgan fingerprint density at radius 3 is 2.74 bits per heavy atom. The van der Waals surface area contributed by atoms with Gasteiger partial charge in [0.15, 0.2) is 0 Å². The highest BCUT2D eigenvalue weighted by Gasteiger charge is 2.42. The van der Waals surface area contributed by atoms with Crippen LogP contribution < -0.4 is 15.0 Å². The average molecular weight is 564 g/mol. The first-order valence-corrected chi connectivity index (χ1v) is 13.5. The summed E-state index contributed by atoms with van der Waals surface area (Å²) in [6.45, 7) is 8.97. The molecule has 6 rings (SSSR count). The third-order valence-corrected chi connectivity index (χ3v) is 8.05. The molecule has 1 atom stereocenters. The summed E-state index contributed by atoms with van der Waals surface area (Å²) in [5.41, 5.74) is 4.15. The number of hydrogen-bond acceptors (Lipinski definition) is 8. The molecule has 3 aromatic heterocycles. The summed E-state index contributed by atoms with van der Waals surface area (Å²) in [5, 5.41) is 23.0. The molecule has 4 aromatic rings. The van der Waals surface area contributed by atoms with Crippen LogP contribution in [0.4, 0.5) is 5.82 Å². The Morgan fingerprint density at radius 2 is 2.03 bits per heavy atom. The topological polar surface area (TPSA) is 112 Å². The number of aryl methyl sites for hydroxylation is 1. The second-order valence-electron chi connectivity index (χ2n) is 10.5. The molecule has 2 aliphatic rings. The first kappa shape index (κ1) is 25.8. The Hall–Kier alpha value is -3.42. The van der Waals surface area contributed by atoms with E-state index in [2.05, 4.69) is 43.4 Å². The molecule has 200 valence electrons. The number of aromatic nitrogens is 4. The molecule has 2 N–H and O–H groups in total. The maximum absolute atomic E-state index is 9.94. The molecule has 0 saturated carbocycles. The van der Waals surface area contributed by atoms with E-state index in [0.29, 0.717) is 50.2 Å². The largest absolute Gasteiger partial charge is 0.486 e. The van der Waals surface area contributed by atoms with E-state index < -0.39 is 6.10 Å². The highest BCUT2D eigenvalue weighted by Crippen LogP contribution is 2.37. The number of pyridine rings is 2. The van der Waals surface area contributed by atoms with Crippen LogP contribution in [-0.2, 0) is 4.74 Å². The Bertz CT molecular complexity index is 1610. The first-order chi connectivity index (χ1) is 18.7. The molecule has 9 nitrogen and oxygen atoms in total. The minimum atomic E-state index is -0.404. The van der Waals surface area contributed by atoms with E-state index in [1.54, 1.807) is 12.4 Å². The van der Waals surface area contributed by atoms with Crippen molar-refractivity contribution in [2.75, 3.05) is 31.2 Å². The van der Waals surface area contributed by atoms with Crippen LogP contribution in [-0.4, -0.2) is 58.0 Å². The van der Waals surface area contributed by atoms with Gasteiger partial charge in [0.25, 0.3) is 0 Å². The molecule has 0 radical (unpaired) electrons. The highest BCUT2D eigenvalue weighted by molar-refractivity contribution is 6.36. The fourth-order valence-electron chi connectivity index (χ4n) is 5.27. The van der Waals surface area contributed by atoms with Crippen molar-refractivity contribution in [2.45, 2.75) is 38.5 Å². The normalized spacial score (nSPS) is 17.4. The van der Waals surface area contributed by atoms with Crippen molar-refractivity contribution in [3.8, 4) is 23.1 Å². The van der Waals surface area contributed by atoms with Gasteiger partial charge in [0.1, 0.15) is 29.4 Å². The van der Waals surface area contributed by atoms with E-state index in [9.17, 15) is 5.26 Å². The van der Waals surface area contributed by atoms with Crippen LogP contribution in [0.3, 0.4) is 0 Å². The fraction of sp³-hybridized carbons (Fsp3) is 0.357. The van der Waals surface area contributed by atoms with Crippen LogP contribution in [0.1, 0.15) is 36.8 Å². The van der Waals surface area contributed by atoms with Gasteiger partial charge in [0.2, 0.25) is 0 Å². The zero-order valence-electron chi connectivity index (χ0n) is 21.8. The molecule has 2 fully saturated rings. The van der Waals surface area contributed by atoms with Crippen LogP contribution in [0, 0.1) is 18.3 Å². The van der Waals surface area contributed by atoms with Gasteiger partial charge in [-0.1, -0.05) is 23.2 Å². The van der Waals surface area contributed by atoms with Gasteiger partial charge in [0, 0.05) is 42.0 Å². The van der Waals surface area contributed by atoms with Crippen molar-refractivity contribution in [3.63, 3.8) is 0 Å². The third-order valence-electron chi connectivity index (χ3n) is 7.27. The molecule has 2 saturated heterocycles. The molecule has 5 heterocycles. The van der Waals surface area contributed by atoms with E-state index in [1.165, 1.54) is 0 Å². The molecule has 0 spiro atoms. The third kappa shape index (κ3) is 4.79. The van der Waals surface area contributed by atoms with Gasteiger partial charge in [-0.25, -0.2) is 4.98 Å². The van der Waals surface area contributed by atoms with Crippen LogP contribution in [0.5, 0.6) is 5.75 Å². The lowest BCUT2D eigenvalue weighted by molar-refractivity contribution is -0.0209. The van der Waals surface area contributed by atoms with Crippen LogP contribution >= 0.6 is 23.2 Å². The molecular weight excluding hydrogens is 537 g/mol. The minimum absolute atomic E-state index is 0.0170. The predicted molar refractivity (Wildman–Crippen MR) is 150 cm³/mol. The minimum Gasteiger partial charge on any atom is -0.486 e. The van der Waals surface area contributed by atoms with Gasteiger partial charge < -0.3 is 19.7 Å². The molecule has 0 amide bonds. The van der Waals surface area contributed by atoms with Gasteiger partial charge in [-0.3, -0.25) is 10.1 Å². The summed E-state index contributed by atoms with van der Waals surface area (Å²) in [6, 6.07) is 10.2. The molecule has 0 bridgehead atoms. The molecule has 0 unspecified atom stereocenters. The van der Waals surface area contributed by atoms with Crippen molar-refractivity contribution in [2.24, 2.45) is 0 Å². The molecule has 2 aliphatic heterocycles. The first-order valence-electron chi connectivity index (χ1n) is 12.7. The van der Waals surface area contributed by atoms with Crippen molar-refractivity contribution in [1.29, 1.82) is 5.26 Å². The van der Waals surface area contributed by atoms with Gasteiger partial charge >= 0.3 is 0 Å². The van der Waals surface area contributed by atoms with E-state index in [4.69, 9.17) is 32.7 Å². The number of aromatic amines is 1. The lowest BCUT2D eigenvalue weighted by atomic mass is 9.90. The number of ether oxygens (including phenoxy) is 2. The average Bonchev–Trinajstić information content (AvgIpc) is 3.30. The second kappa shape index (κ2) is 9.96. The monoisotopic (exact) mass is 563 g/mol. The van der Waals surface area contributed by atoms with Crippen LogP contribution in [0.2, 0.25) is 10.0 Å². The molecule has 0 aliphatic carbocycles. The summed E-state index contributed by atoms with van der Waals surface area (Å²) in [7, 11) is 0. The number of nitrogens with one attached hydrogen (secondary N) is 2. The highest BCUT2D eigenvalue weighted by atomic mass is 35.5. The predicted octanol–water partition coefficient (Wildman–Crippen LogP) is 5.21. The Morgan fingerprint density at radius 1 is 1.23 bits per heavy atom. The van der Waals surface area contributed by atoms with Gasteiger partial charge in [0.05, 0.1) is 51.6 Å². The summed E-state index contributed by atoms with van der Waals surface area (Å²) in [6.07, 6.45) is 2.95. The van der Waals surface area contributed by atoms with E-state index in [0.717, 1.165) is 42.8 Å². The quantitative estimate of drug-likeness (QED) is 0.315. The van der Waals surface area contributed by atoms with Gasteiger partial charge in [-0.2, -0.15) is 10.4 Å². The zero-order chi connectivity index (χ0) is 27.3. The summed E-state index contributed by atoms with van der Waals surface area (Å²) in [4.78, 5) is 11.0. The SMILES string of the molecule is Cc1ncc(Cl)c([C@@H](C)Oc2ccc3[nH]nc(-c4cnc(N5CC(C)(NC6COC6)C5)c(C#N)c4)c3c2)c1Cl. The second-order valence-corrected chi connectivity index (χ2v) is 11.2. The number of nitrogens with zero attached hydrogens (tertiary/aromatic N) is 5.